The fourth-order valence-corrected chi connectivity index (χ4v) is 4.70. The number of nitrogens with one attached hydrogen (secondary N) is 2. The number of aliphatic carboxylic acids is 1. The van der Waals surface area contributed by atoms with Crippen molar-refractivity contribution in [2.75, 3.05) is 13.2 Å². The number of aliphatic hydroxyl groups is 1. The van der Waals surface area contributed by atoms with Crippen LogP contribution in [0.4, 0.5) is 4.79 Å². The number of carboxylic acids is 1. The van der Waals surface area contributed by atoms with Crippen LogP contribution >= 0.6 is 0 Å². The van der Waals surface area contributed by atoms with Crippen molar-refractivity contribution in [1.82, 2.24) is 10.6 Å². The summed E-state index contributed by atoms with van der Waals surface area (Å²) >= 11 is 0. The van der Waals surface area contributed by atoms with E-state index in [0.29, 0.717) is 12.8 Å². The molecule has 32 heavy (non-hydrogen) atoms. The molecule has 1 unspecified atom stereocenters. The number of hydrogen-bond donors (Lipinski definition) is 4. The Morgan fingerprint density at radius 3 is 2.22 bits per heavy atom. The van der Waals surface area contributed by atoms with E-state index in [1.165, 1.54) is 0 Å². The van der Waals surface area contributed by atoms with Gasteiger partial charge in [-0.05, 0) is 35.1 Å². The first-order chi connectivity index (χ1) is 15.5. The first-order valence-electron chi connectivity index (χ1n) is 10.7. The molecule has 0 aliphatic heterocycles. The molecule has 3 atom stereocenters. The average molecular weight is 438 g/mol. The van der Waals surface area contributed by atoms with Crippen LogP contribution < -0.4 is 10.6 Å². The highest BCUT2D eigenvalue weighted by Gasteiger charge is 2.36. The van der Waals surface area contributed by atoms with E-state index in [4.69, 9.17) is 14.9 Å². The van der Waals surface area contributed by atoms with Gasteiger partial charge >= 0.3 is 12.1 Å². The summed E-state index contributed by atoms with van der Waals surface area (Å²) in [7, 11) is 0. The number of carbonyl (C=O) groups excluding carboxylic acids is 2. The minimum atomic E-state index is -1.36. The largest absolute Gasteiger partial charge is 0.480 e. The van der Waals surface area contributed by atoms with E-state index < -0.39 is 42.6 Å². The van der Waals surface area contributed by atoms with Crippen molar-refractivity contribution in [1.29, 1.82) is 0 Å². The molecule has 0 saturated heterocycles. The Morgan fingerprint density at radius 2 is 1.62 bits per heavy atom. The summed E-state index contributed by atoms with van der Waals surface area (Å²) in [5.74, 6) is -2.42. The maximum absolute atomic E-state index is 12.5. The molecule has 2 aliphatic rings. The highest BCUT2D eigenvalue weighted by atomic mass is 16.5. The summed E-state index contributed by atoms with van der Waals surface area (Å²) in [5, 5.41) is 23.3. The Kier molecular flexibility index (Phi) is 6.41. The molecule has 1 fully saturated rings. The van der Waals surface area contributed by atoms with Crippen LogP contribution in [0, 0.1) is 5.92 Å². The number of ether oxygens (including phenoxy) is 1. The van der Waals surface area contributed by atoms with Gasteiger partial charge in [0.15, 0.2) is 0 Å². The van der Waals surface area contributed by atoms with Crippen LogP contribution in [0.25, 0.3) is 11.1 Å². The Hall–Kier alpha value is -3.39. The molecular formula is C24H26N2O6. The number of alkyl carbamates (subject to hydrolysis) is 1. The van der Waals surface area contributed by atoms with Gasteiger partial charge in [-0.25, -0.2) is 9.59 Å². The number of fused-ring (bicyclic) bond motifs is 3. The van der Waals surface area contributed by atoms with Gasteiger partial charge in [-0.3, -0.25) is 4.79 Å². The lowest BCUT2D eigenvalue weighted by atomic mass is 9.98. The molecule has 8 nitrogen and oxygen atoms in total. The molecular weight excluding hydrogens is 412 g/mol. The maximum atomic E-state index is 12.5. The lowest BCUT2D eigenvalue weighted by Gasteiger charge is -2.22. The first kappa shape index (κ1) is 21.8. The van der Waals surface area contributed by atoms with Crippen molar-refractivity contribution in [2.24, 2.45) is 5.92 Å². The third kappa shape index (κ3) is 4.31. The van der Waals surface area contributed by atoms with Crippen LogP contribution in [0.15, 0.2) is 48.5 Å². The Bertz CT molecular complexity index is 978. The van der Waals surface area contributed by atoms with E-state index in [1.807, 2.05) is 36.4 Å². The lowest BCUT2D eigenvalue weighted by Crippen LogP contribution is -2.50. The van der Waals surface area contributed by atoms with Gasteiger partial charge in [0, 0.05) is 12.0 Å². The highest BCUT2D eigenvalue weighted by Crippen LogP contribution is 2.44. The van der Waals surface area contributed by atoms with Crippen LogP contribution in [0.2, 0.25) is 0 Å². The molecule has 0 aromatic heterocycles. The first-order valence-corrected chi connectivity index (χ1v) is 10.7. The normalized spacial score (nSPS) is 20.2. The van der Waals surface area contributed by atoms with Crippen LogP contribution in [-0.2, 0) is 14.3 Å². The van der Waals surface area contributed by atoms with Gasteiger partial charge < -0.3 is 25.6 Å². The molecule has 2 aromatic carbocycles. The van der Waals surface area contributed by atoms with E-state index in [1.54, 1.807) is 0 Å². The zero-order chi connectivity index (χ0) is 22.7. The van der Waals surface area contributed by atoms with E-state index >= 15 is 0 Å². The van der Waals surface area contributed by atoms with Crippen LogP contribution in [-0.4, -0.2) is 53.5 Å². The topological polar surface area (TPSA) is 125 Å². The van der Waals surface area contributed by atoms with Crippen molar-refractivity contribution < 1.29 is 29.3 Å². The number of carboxylic acid groups (broad SMARTS) is 1. The second-order valence-corrected chi connectivity index (χ2v) is 8.20. The predicted octanol–water partition coefficient (Wildman–Crippen LogP) is 2.26. The molecule has 2 amide bonds. The molecule has 0 bridgehead atoms. The minimum Gasteiger partial charge on any atom is -0.480 e. The van der Waals surface area contributed by atoms with Crippen molar-refractivity contribution >= 4 is 18.0 Å². The standard InChI is InChI=1S/C24H26N2O6/c27-12-21(23(29)30)25-22(28)18-10-5-11-20(18)26-24(31)32-13-19-16-8-3-1-6-14(16)15-7-2-4-9-17(15)19/h1-4,6-9,18-21,27H,5,10-13H2,(H,25,28)(H,26,31)(H,29,30)/t18-,20+,21?/m1/s1. The molecule has 1 saturated carbocycles. The van der Waals surface area contributed by atoms with E-state index in [-0.39, 0.29) is 12.5 Å². The maximum Gasteiger partial charge on any atom is 0.407 e. The summed E-state index contributed by atoms with van der Waals surface area (Å²) in [4.78, 5) is 36.1. The summed E-state index contributed by atoms with van der Waals surface area (Å²) in [5.41, 5.74) is 4.51. The van der Waals surface area contributed by atoms with Crippen molar-refractivity contribution in [3.8, 4) is 11.1 Å². The Labute approximate surface area is 185 Å². The number of amides is 2. The van der Waals surface area contributed by atoms with Gasteiger partial charge in [-0.2, -0.15) is 0 Å². The quantitative estimate of drug-likeness (QED) is 0.526. The number of benzene rings is 2. The highest BCUT2D eigenvalue weighted by molar-refractivity contribution is 5.86. The van der Waals surface area contributed by atoms with E-state index in [0.717, 1.165) is 28.7 Å². The fourth-order valence-electron chi connectivity index (χ4n) is 4.70. The molecule has 4 N–H and O–H groups in total. The fraction of sp³-hybridized carbons (Fsp3) is 0.375. The number of aliphatic hydroxyl groups excluding tert-OH is 1. The van der Waals surface area contributed by atoms with Gasteiger partial charge in [0.2, 0.25) is 5.91 Å². The molecule has 0 radical (unpaired) electrons. The molecule has 0 heterocycles. The van der Waals surface area contributed by atoms with Crippen molar-refractivity contribution in [2.45, 2.75) is 37.3 Å². The summed E-state index contributed by atoms with van der Waals surface area (Å²) in [6, 6.07) is 14.3. The SMILES string of the molecule is O=C(N[C@H]1CCC[C@H]1C(=O)NC(CO)C(=O)O)OCC1c2ccccc2-c2ccccc21. The van der Waals surface area contributed by atoms with E-state index in [9.17, 15) is 14.4 Å². The zero-order valence-electron chi connectivity index (χ0n) is 17.5. The molecule has 8 heteroatoms. The van der Waals surface area contributed by atoms with Crippen LogP contribution in [0.1, 0.15) is 36.3 Å². The van der Waals surface area contributed by atoms with Gasteiger partial charge in [0.1, 0.15) is 12.6 Å². The van der Waals surface area contributed by atoms with Crippen molar-refractivity contribution in [3.05, 3.63) is 59.7 Å². The number of rotatable bonds is 7. The van der Waals surface area contributed by atoms with Gasteiger partial charge in [0.05, 0.1) is 12.5 Å². The third-order valence-corrected chi connectivity index (χ3v) is 6.30. The summed E-state index contributed by atoms with van der Waals surface area (Å²) < 4.78 is 5.55. The smallest absolute Gasteiger partial charge is 0.407 e. The molecule has 0 spiro atoms. The average Bonchev–Trinajstić information content (AvgIpc) is 3.38. The summed E-state index contributed by atoms with van der Waals surface area (Å²) in [6.07, 6.45) is 1.24. The molecule has 2 aliphatic carbocycles. The third-order valence-electron chi connectivity index (χ3n) is 6.30. The van der Waals surface area contributed by atoms with Gasteiger partial charge in [-0.15, -0.1) is 0 Å². The molecule has 2 aromatic rings. The number of hydrogen-bond acceptors (Lipinski definition) is 5. The van der Waals surface area contributed by atoms with Crippen molar-refractivity contribution in [3.63, 3.8) is 0 Å². The van der Waals surface area contributed by atoms with Gasteiger partial charge in [-0.1, -0.05) is 55.0 Å². The monoisotopic (exact) mass is 438 g/mol. The van der Waals surface area contributed by atoms with Crippen LogP contribution in [0.5, 0.6) is 0 Å². The molecule has 168 valence electrons. The predicted molar refractivity (Wildman–Crippen MR) is 116 cm³/mol. The molecule has 4 rings (SSSR count). The van der Waals surface area contributed by atoms with Crippen LogP contribution in [0.3, 0.4) is 0 Å². The van der Waals surface area contributed by atoms with E-state index in [2.05, 4.69) is 22.8 Å². The second-order valence-electron chi connectivity index (χ2n) is 8.20. The second kappa shape index (κ2) is 9.40. The Balaban J connectivity index is 1.37. The zero-order valence-corrected chi connectivity index (χ0v) is 17.5. The lowest BCUT2D eigenvalue weighted by molar-refractivity contribution is -0.143. The Morgan fingerprint density at radius 1 is 1.00 bits per heavy atom. The van der Waals surface area contributed by atoms with Gasteiger partial charge in [0.25, 0.3) is 0 Å². The number of carbonyl (C=O) groups is 3. The minimum absolute atomic E-state index is 0.0586. The summed E-state index contributed by atoms with van der Waals surface area (Å²) in [6.45, 7) is -0.521.